The van der Waals surface area contributed by atoms with Crippen LogP contribution in [0.4, 0.5) is 10.1 Å². The quantitative estimate of drug-likeness (QED) is 0.622. The minimum atomic E-state index is -0.993. The monoisotopic (exact) mass is 279 g/mol. The van der Waals surface area contributed by atoms with Gasteiger partial charge in [0.15, 0.2) is 5.82 Å². The Balaban J connectivity index is 2.77. The molecular weight excluding hydrogens is 269 g/mol. The molecule has 0 bridgehead atoms. The zero-order valence-electron chi connectivity index (χ0n) is 7.74. The number of anilines is 1. The maximum atomic E-state index is 13.3. The molecule has 0 aromatic heterocycles. The third-order valence-electron chi connectivity index (χ3n) is 1.76. The molecule has 84 valence electrons. The van der Waals surface area contributed by atoms with Crippen LogP contribution in [0.15, 0.2) is 16.6 Å². The summed E-state index contributed by atoms with van der Waals surface area (Å²) in [4.78, 5) is 0. The van der Waals surface area contributed by atoms with E-state index in [-0.39, 0.29) is 18.0 Å². The van der Waals surface area contributed by atoms with Crippen LogP contribution >= 0.6 is 15.9 Å². The second-order valence-corrected chi connectivity index (χ2v) is 3.91. The van der Waals surface area contributed by atoms with Crippen molar-refractivity contribution in [1.82, 2.24) is 0 Å². The van der Waals surface area contributed by atoms with Crippen LogP contribution in [0.2, 0.25) is 0 Å². The summed E-state index contributed by atoms with van der Waals surface area (Å²) in [5.41, 5.74) is -0.0919. The predicted molar refractivity (Wildman–Crippen MR) is 57.3 cm³/mol. The molecule has 1 aromatic rings. The van der Waals surface area contributed by atoms with E-state index >= 15 is 0 Å². The van der Waals surface area contributed by atoms with E-state index in [4.69, 9.17) is 10.2 Å². The first kappa shape index (κ1) is 12.2. The molecule has 1 aromatic carbocycles. The summed E-state index contributed by atoms with van der Waals surface area (Å²) in [5, 5.41) is 29.5. The Labute approximate surface area is 94.5 Å². The van der Waals surface area contributed by atoms with Crippen molar-refractivity contribution in [2.45, 2.75) is 6.10 Å². The summed E-state index contributed by atoms with van der Waals surface area (Å²) in [6.45, 7) is -0.464. The number of benzene rings is 1. The van der Waals surface area contributed by atoms with E-state index in [1.165, 1.54) is 12.1 Å². The first-order valence-corrected chi connectivity index (χ1v) is 5.04. The highest BCUT2D eigenvalue weighted by atomic mass is 79.9. The Morgan fingerprint density at radius 3 is 2.67 bits per heavy atom. The zero-order chi connectivity index (χ0) is 11.4. The first-order valence-electron chi connectivity index (χ1n) is 4.25. The molecular formula is C9H11BrFNO3. The summed E-state index contributed by atoms with van der Waals surface area (Å²) < 4.78 is 13.7. The third kappa shape index (κ3) is 3.33. The highest BCUT2D eigenvalue weighted by Gasteiger charge is 2.10. The van der Waals surface area contributed by atoms with Crippen molar-refractivity contribution >= 4 is 21.6 Å². The fourth-order valence-electron chi connectivity index (χ4n) is 1.02. The van der Waals surface area contributed by atoms with E-state index in [1.54, 1.807) is 0 Å². The number of halogens is 2. The molecule has 4 N–H and O–H groups in total. The Hall–Kier alpha value is -0.850. The molecule has 4 nitrogen and oxygen atoms in total. The summed E-state index contributed by atoms with van der Waals surface area (Å²) in [7, 11) is 0. The molecule has 0 saturated heterocycles. The highest BCUT2D eigenvalue weighted by Crippen LogP contribution is 2.30. The van der Waals surface area contributed by atoms with Gasteiger partial charge in [0.1, 0.15) is 11.4 Å². The molecule has 15 heavy (non-hydrogen) atoms. The molecule has 0 fully saturated rings. The fraction of sp³-hybridized carbons (Fsp3) is 0.333. The third-order valence-corrected chi connectivity index (χ3v) is 2.22. The van der Waals surface area contributed by atoms with Crippen molar-refractivity contribution < 1.29 is 19.7 Å². The SMILES string of the molecule is OCC(O)CNc1c(O)cc(Br)cc1F. The van der Waals surface area contributed by atoms with Crippen LogP contribution in [0.25, 0.3) is 0 Å². The first-order chi connectivity index (χ1) is 7.04. The molecule has 0 amide bonds. The second kappa shape index (κ2) is 5.29. The number of hydrogen-bond donors (Lipinski definition) is 4. The standard InChI is InChI=1S/C9H11BrFNO3/c10-5-1-7(11)9(8(15)2-5)12-3-6(14)4-13/h1-2,6,12-15H,3-4H2. The van der Waals surface area contributed by atoms with E-state index in [0.717, 1.165) is 0 Å². The molecule has 0 radical (unpaired) electrons. The summed E-state index contributed by atoms with van der Waals surface area (Å²) in [5.74, 6) is -0.890. The molecule has 0 spiro atoms. The Morgan fingerprint density at radius 1 is 1.47 bits per heavy atom. The van der Waals surface area contributed by atoms with Gasteiger partial charge in [-0.3, -0.25) is 0 Å². The van der Waals surface area contributed by atoms with Crippen LogP contribution in [0, 0.1) is 5.82 Å². The summed E-state index contributed by atoms with van der Waals surface area (Å²) in [6.07, 6.45) is -0.993. The van der Waals surface area contributed by atoms with Crippen molar-refractivity contribution in [3.63, 3.8) is 0 Å². The van der Waals surface area contributed by atoms with Gasteiger partial charge in [-0.1, -0.05) is 15.9 Å². The molecule has 0 saturated carbocycles. The second-order valence-electron chi connectivity index (χ2n) is 3.00. The molecule has 0 aliphatic heterocycles. The lowest BCUT2D eigenvalue weighted by molar-refractivity contribution is 0.105. The van der Waals surface area contributed by atoms with Gasteiger partial charge in [-0.15, -0.1) is 0 Å². The van der Waals surface area contributed by atoms with Gasteiger partial charge in [0.05, 0.1) is 12.7 Å². The van der Waals surface area contributed by atoms with Gasteiger partial charge in [-0.05, 0) is 12.1 Å². The largest absolute Gasteiger partial charge is 0.506 e. The van der Waals surface area contributed by atoms with Crippen molar-refractivity contribution in [2.75, 3.05) is 18.5 Å². The Kier molecular flexibility index (Phi) is 4.31. The smallest absolute Gasteiger partial charge is 0.151 e. The van der Waals surface area contributed by atoms with Gasteiger partial charge in [-0.2, -0.15) is 0 Å². The normalized spacial score (nSPS) is 12.5. The van der Waals surface area contributed by atoms with Crippen molar-refractivity contribution in [3.05, 3.63) is 22.4 Å². The van der Waals surface area contributed by atoms with E-state index in [9.17, 15) is 9.50 Å². The minimum Gasteiger partial charge on any atom is -0.506 e. The van der Waals surface area contributed by atoms with Crippen LogP contribution < -0.4 is 5.32 Å². The van der Waals surface area contributed by atoms with E-state index in [0.29, 0.717) is 4.47 Å². The van der Waals surface area contributed by atoms with Crippen molar-refractivity contribution in [2.24, 2.45) is 0 Å². The number of aliphatic hydroxyl groups excluding tert-OH is 2. The van der Waals surface area contributed by atoms with Crippen LogP contribution in [-0.2, 0) is 0 Å². The molecule has 0 aliphatic rings. The predicted octanol–water partition coefficient (Wildman–Crippen LogP) is 1.06. The van der Waals surface area contributed by atoms with E-state index in [1.807, 2.05) is 0 Å². The molecule has 0 aliphatic carbocycles. The number of rotatable bonds is 4. The maximum Gasteiger partial charge on any atom is 0.151 e. The van der Waals surface area contributed by atoms with Gasteiger partial charge < -0.3 is 20.6 Å². The van der Waals surface area contributed by atoms with Crippen LogP contribution in [-0.4, -0.2) is 34.6 Å². The lowest BCUT2D eigenvalue weighted by Gasteiger charge is -2.12. The van der Waals surface area contributed by atoms with Crippen LogP contribution in [0.3, 0.4) is 0 Å². The Bertz CT molecular complexity index is 325. The highest BCUT2D eigenvalue weighted by molar-refractivity contribution is 9.10. The molecule has 6 heteroatoms. The van der Waals surface area contributed by atoms with Gasteiger partial charge in [0, 0.05) is 11.0 Å². The number of aliphatic hydroxyl groups is 2. The topological polar surface area (TPSA) is 72.7 Å². The van der Waals surface area contributed by atoms with Gasteiger partial charge in [0.2, 0.25) is 0 Å². The maximum absolute atomic E-state index is 13.3. The van der Waals surface area contributed by atoms with Gasteiger partial charge >= 0.3 is 0 Å². The van der Waals surface area contributed by atoms with E-state index < -0.39 is 18.5 Å². The average molecular weight is 280 g/mol. The fourth-order valence-corrected chi connectivity index (χ4v) is 1.44. The lowest BCUT2D eigenvalue weighted by atomic mass is 10.2. The number of aromatic hydroxyl groups is 1. The molecule has 1 unspecified atom stereocenters. The molecule has 1 atom stereocenters. The van der Waals surface area contributed by atoms with Gasteiger partial charge in [-0.25, -0.2) is 4.39 Å². The van der Waals surface area contributed by atoms with Gasteiger partial charge in [0.25, 0.3) is 0 Å². The van der Waals surface area contributed by atoms with Crippen molar-refractivity contribution in [1.29, 1.82) is 0 Å². The molecule has 1 rings (SSSR count). The average Bonchev–Trinajstić information content (AvgIpc) is 2.15. The van der Waals surface area contributed by atoms with E-state index in [2.05, 4.69) is 21.2 Å². The van der Waals surface area contributed by atoms with Crippen molar-refractivity contribution in [3.8, 4) is 5.75 Å². The van der Waals surface area contributed by atoms with Crippen LogP contribution in [0.5, 0.6) is 5.75 Å². The Morgan fingerprint density at radius 2 is 2.13 bits per heavy atom. The minimum absolute atomic E-state index is 0.0391. The number of phenols is 1. The van der Waals surface area contributed by atoms with Crippen LogP contribution in [0.1, 0.15) is 0 Å². The molecule has 0 heterocycles. The number of nitrogens with one attached hydrogen (secondary N) is 1. The summed E-state index contributed by atoms with van der Waals surface area (Å²) in [6, 6.07) is 2.52. The zero-order valence-corrected chi connectivity index (χ0v) is 9.33. The lowest BCUT2D eigenvalue weighted by Crippen LogP contribution is -2.23. The summed E-state index contributed by atoms with van der Waals surface area (Å²) >= 11 is 3.02. The number of phenolic OH excluding ortho intramolecular Hbond substituents is 1. The number of hydrogen-bond acceptors (Lipinski definition) is 4.